The fraction of sp³-hybridized carbons (Fsp3) is 0.571. The van der Waals surface area contributed by atoms with Crippen LogP contribution in [0.15, 0.2) is 18.3 Å². The Bertz CT molecular complexity index is 388. The molecule has 0 bridgehead atoms. The van der Waals surface area contributed by atoms with Crippen molar-refractivity contribution in [1.82, 2.24) is 10.3 Å². The normalized spacial score (nSPS) is 12.1. The van der Waals surface area contributed by atoms with E-state index in [0.29, 0.717) is 5.88 Å². The molecule has 19 heavy (non-hydrogen) atoms. The van der Waals surface area contributed by atoms with Crippen LogP contribution in [-0.2, 0) is 4.79 Å². The third-order valence-electron chi connectivity index (χ3n) is 3.05. The van der Waals surface area contributed by atoms with Gasteiger partial charge in [0, 0.05) is 12.1 Å². The van der Waals surface area contributed by atoms with Gasteiger partial charge in [-0.1, -0.05) is 13.8 Å². The first kappa shape index (κ1) is 15.3. The molecule has 0 aliphatic heterocycles. The van der Waals surface area contributed by atoms with Crippen molar-refractivity contribution in [3.05, 3.63) is 18.3 Å². The van der Waals surface area contributed by atoms with E-state index in [2.05, 4.69) is 29.5 Å². The van der Waals surface area contributed by atoms with Crippen LogP contribution >= 0.6 is 0 Å². The van der Waals surface area contributed by atoms with E-state index < -0.39 is 0 Å². The van der Waals surface area contributed by atoms with Crippen LogP contribution in [0.2, 0.25) is 0 Å². The van der Waals surface area contributed by atoms with Gasteiger partial charge in [-0.05, 0) is 25.8 Å². The van der Waals surface area contributed by atoms with Crippen molar-refractivity contribution in [2.45, 2.75) is 45.7 Å². The third-order valence-corrected chi connectivity index (χ3v) is 3.05. The molecule has 2 N–H and O–H groups in total. The lowest BCUT2D eigenvalue weighted by molar-refractivity contribution is -0.122. The number of nitrogens with zero attached hydrogens (tertiary/aromatic N) is 1. The van der Waals surface area contributed by atoms with Gasteiger partial charge in [0.1, 0.15) is 6.04 Å². The van der Waals surface area contributed by atoms with Gasteiger partial charge < -0.3 is 15.4 Å². The zero-order valence-electron chi connectivity index (χ0n) is 12.1. The van der Waals surface area contributed by atoms with Gasteiger partial charge in [0.15, 0.2) is 0 Å². The zero-order valence-corrected chi connectivity index (χ0v) is 12.1. The number of hydrogen-bond acceptors (Lipinski definition) is 4. The molecule has 5 heteroatoms. The number of pyridine rings is 1. The molecule has 1 aromatic heterocycles. The van der Waals surface area contributed by atoms with E-state index in [0.717, 1.165) is 18.5 Å². The minimum Gasteiger partial charge on any atom is -0.481 e. The summed E-state index contributed by atoms with van der Waals surface area (Å²) in [4.78, 5) is 16.1. The minimum absolute atomic E-state index is 0.00418. The second-order valence-corrected chi connectivity index (χ2v) is 4.48. The fourth-order valence-electron chi connectivity index (χ4n) is 1.72. The first-order valence-corrected chi connectivity index (χ1v) is 6.67. The van der Waals surface area contributed by atoms with Gasteiger partial charge in [-0.3, -0.25) is 4.79 Å². The second kappa shape index (κ2) is 7.61. The van der Waals surface area contributed by atoms with Crippen molar-refractivity contribution < 1.29 is 9.53 Å². The molecular formula is C14H23N3O2. The van der Waals surface area contributed by atoms with Crippen molar-refractivity contribution in [1.29, 1.82) is 0 Å². The maximum absolute atomic E-state index is 12.0. The number of amides is 1. The number of methoxy groups -OCH3 is 1. The Kier molecular flexibility index (Phi) is 6.12. The lowest BCUT2D eigenvalue weighted by atomic mass is 10.1. The predicted octanol–water partition coefficient (Wildman–Crippen LogP) is 2.20. The Balaban J connectivity index is 2.53. The summed E-state index contributed by atoms with van der Waals surface area (Å²) in [6.45, 7) is 5.97. The molecule has 0 saturated heterocycles. The summed E-state index contributed by atoms with van der Waals surface area (Å²) in [6, 6.07) is 3.54. The highest BCUT2D eigenvalue weighted by Crippen LogP contribution is 2.12. The Morgan fingerprint density at radius 2 is 2.05 bits per heavy atom. The Hall–Kier alpha value is -1.78. The molecule has 0 radical (unpaired) electrons. The van der Waals surface area contributed by atoms with Crippen molar-refractivity contribution >= 4 is 11.6 Å². The van der Waals surface area contributed by atoms with E-state index in [4.69, 9.17) is 4.74 Å². The van der Waals surface area contributed by atoms with Gasteiger partial charge in [-0.2, -0.15) is 0 Å². The van der Waals surface area contributed by atoms with Crippen LogP contribution in [0, 0.1) is 0 Å². The molecule has 1 amide bonds. The quantitative estimate of drug-likeness (QED) is 0.793. The number of rotatable bonds is 7. The van der Waals surface area contributed by atoms with Gasteiger partial charge in [-0.15, -0.1) is 0 Å². The highest BCUT2D eigenvalue weighted by molar-refractivity contribution is 5.84. The topological polar surface area (TPSA) is 63.2 Å². The number of carbonyl (C=O) groups excluding carboxylic acids is 1. The zero-order chi connectivity index (χ0) is 14.3. The molecule has 0 aliphatic rings. The number of hydrogen-bond donors (Lipinski definition) is 2. The molecule has 1 aromatic rings. The smallest absolute Gasteiger partial charge is 0.242 e. The second-order valence-electron chi connectivity index (χ2n) is 4.48. The molecule has 0 fully saturated rings. The number of ether oxygens (including phenoxy) is 1. The summed E-state index contributed by atoms with van der Waals surface area (Å²) in [5.41, 5.74) is 0.799. The van der Waals surface area contributed by atoms with Crippen LogP contribution in [-0.4, -0.2) is 30.1 Å². The summed E-state index contributed by atoms with van der Waals surface area (Å²) < 4.78 is 4.99. The number of aromatic nitrogens is 1. The molecule has 1 unspecified atom stereocenters. The first-order chi connectivity index (χ1) is 9.10. The minimum atomic E-state index is -0.296. The van der Waals surface area contributed by atoms with Gasteiger partial charge in [0.05, 0.1) is 19.0 Å². The number of anilines is 1. The molecule has 1 heterocycles. The molecular weight excluding hydrogens is 242 g/mol. The molecule has 0 saturated carbocycles. The highest BCUT2D eigenvalue weighted by Gasteiger charge is 2.15. The number of nitrogens with one attached hydrogen (secondary N) is 2. The lowest BCUT2D eigenvalue weighted by Crippen LogP contribution is -2.42. The average Bonchev–Trinajstić information content (AvgIpc) is 2.45. The standard InChI is InChI=1S/C14H23N3O2/c1-5-11(6-2)17-14(18)10(3)16-12-7-8-13(19-4)15-9-12/h7-11,16H,5-6H2,1-4H3,(H,17,18). The lowest BCUT2D eigenvalue weighted by Gasteiger charge is -2.19. The molecule has 1 atom stereocenters. The molecule has 0 aromatic carbocycles. The van der Waals surface area contributed by atoms with E-state index in [1.54, 1.807) is 19.4 Å². The first-order valence-electron chi connectivity index (χ1n) is 6.67. The van der Waals surface area contributed by atoms with E-state index in [1.165, 1.54) is 0 Å². The van der Waals surface area contributed by atoms with Crippen LogP contribution in [0.25, 0.3) is 0 Å². The summed E-state index contributed by atoms with van der Waals surface area (Å²) in [5, 5.41) is 6.13. The van der Waals surface area contributed by atoms with E-state index in [9.17, 15) is 4.79 Å². The summed E-state index contributed by atoms with van der Waals surface area (Å²) >= 11 is 0. The van der Waals surface area contributed by atoms with Crippen molar-refractivity contribution in [3.63, 3.8) is 0 Å². The SMILES string of the molecule is CCC(CC)NC(=O)C(C)Nc1ccc(OC)nc1. The van der Waals surface area contributed by atoms with Crippen molar-refractivity contribution in [2.24, 2.45) is 0 Å². The fourth-order valence-corrected chi connectivity index (χ4v) is 1.72. The molecule has 5 nitrogen and oxygen atoms in total. The van der Waals surface area contributed by atoms with E-state index in [1.807, 2.05) is 13.0 Å². The highest BCUT2D eigenvalue weighted by atomic mass is 16.5. The molecule has 0 spiro atoms. The van der Waals surface area contributed by atoms with Crippen LogP contribution < -0.4 is 15.4 Å². The van der Waals surface area contributed by atoms with E-state index >= 15 is 0 Å². The Morgan fingerprint density at radius 3 is 2.53 bits per heavy atom. The van der Waals surface area contributed by atoms with Crippen molar-refractivity contribution in [2.75, 3.05) is 12.4 Å². The monoisotopic (exact) mass is 265 g/mol. The average molecular weight is 265 g/mol. The Labute approximate surface area is 114 Å². The summed E-state index contributed by atoms with van der Waals surface area (Å²) in [7, 11) is 1.57. The van der Waals surface area contributed by atoms with Crippen LogP contribution in [0.5, 0.6) is 5.88 Å². The van der Waals surface area contributed by atoms with Gasteiger partial charge in [0.2, 0.25) is 11.8 Å². The third kappa shape index (κ3) is 4.77. The Morgan fingerprint density at radius 1 is 1.37 bits per heavy atom. The maximum Gasteiger partial charge on any atom is 0.242 e. The molecule has 106 valence electrons. The van der Waals surface area contributed by atoms with Crippen LogP contribution in [0.4, 0.5) is 5.69 Å². The predicted molar refractivity (Wildman–Crippen MR) is 76.4 cm³/mol. The maximum atomic E-state index is 12.0. The van der Waals surface area contributed by atoms with Crippen LogP contribution in [0.1, 0.15) is 33.6 Å². The summed E-state index contributed by atoms with van der Waals surface area (Å²) in [6.07, 6.45) is 3.54. The van der Waals surface area contributed by atoms with Crippen molar-refractivity contribution in [3.8, 4) is 5.88 Å². The van der Waals surface area contributed by atoms with Gasteiger partial charge in [-0.25, -0.2) is 4.98 Å². The van der Waals surface area contributed by atoms with Gasteiger partial charge >= 0.3 is 0 Å². The largest absolute Gasteiger partial charge is 0.481 e. The van der Waals surface area contributed by atoms with Gasteiger partial charge in [0.25, 0.3) is 0 Å². The van der Waals surface area contributed by atoms with Crippen LogP contribution in [0.3, 0.4) is 0 Å². The van der Waals surface area contributed by atoms with E-state index in [-0.39, 0.29) is 18.0 Å². The number of carbonyl (C=O) groups is 1. The molecule has 1 rings (SSSR count). The summed E-state index contributed by atoms with van der Waals surface area (Å²) in [5.74, 6) is 0.559. The molecule has 0 aliphatic carbocycles.